The molecule has 0 spiro atoms. The number of hydrogen-bond acceptors (Lipinski definition) is 4. The molecule has 1 fully saturated rings. The maximum atomic E-state index is 13.0. The summed E-state index contributed by atoms with van der Waals surface area (Å²) < 4.78 is 27.4. The molecule has 0 unspecified atom stereocenters. The Morgan fingerprint density at radius 3 is 2.23 bits per heavy atom. The van der Waals surface area contributed by atoms with E-state index in [2.05, 4.69) is 0 Å². The number of hydrogen-bond donors (Lipinski definition) is 1. The van der Waals surface area contributed by atoms with Crippen molar-refractivity contribution in [3.05, 3.63) is 65.7 Å². The van der Waals surface area contributed by atoms with Gasteiger partial charge >= 0.3 is 0 Å². The third-order valence-corrected chi connectivity index (χ3v) is 6.71. The standard InChI is InChI=1S/C20H24N2O3S/c1-14(2)20(23)16-8-10-17(11-9-16)26(24,25)22-12-18(19(21)13-22)15-6-4-3-5-7-15/h3-11,14,18-19H,12-13,21H2,1-2H3/t18-,19+/m0/s1. The van der Waals surface area contributed by atoms with E-state index in [1.807, 2.05) is 44.2 Å². The molecule has 0 bridgehead atoms. The largest absolute Gasteiger partial charge is 0.326 e. The van der Waals surface area contributed by atoms with E-state index >= 15 is 0 Å². The van der Waals surface area contributed by atoms with Gasteiger partial charge in [0.25, 0.3) is 0 Å². The average molecular weight is 372 g/mol. The number of Topliss-reactive ketones (excluding diaryl/α,β-unsaturated/α-hetero) is 1. The number of ketones is 1. The first kappa shape index (κ1) is 18.8. The second-order valence-corrected chi connectivity index (χ2v) is 8.98. The third-order valence-electron chi connectivity index (χ3n) is 4.86. The molecule has 1 aliphatic heterocycles. The molecule has 0 saturated carbocycles. The van der Waals surface area contributed by atoms with Gasteiger partial charge in [-0.05, 0) is 17.7 Å². The van der Waals surface area contributed by atoms with Gasteiger partial charge in [-0.1, -0.05) is 56.3 Å². The van der Waals surface area contributed by atoms with Gasteiger partial charge in [0, 0.05) is 36.5 Å². The van der Waals surface area contributed by atoms with Gasteiger partial charge in [0.05, 0.1) is 4.90 Å². The minimum Gasteiger partial charge on any atom is -0.326 e. The fourth-order valence-electron chi connectivity index (χ4n) is 3.31. The van der Waals surface area contributed by atoms with E-state index in [9.17, 15) is 13.2 Å². The van der Waals surface area contributed by atoms with Crippen LogP contribution in [-0.4, -0.2) is 37.6 Å². The van der Waals surface area contributed by atoms with Crippen molar-refractivity contribution in [1.29, 1.82) is 0 Å². The van der Waals surface area contributed by atoms with Gasteiger partial charge in [-0.3, -0.25) is 4.79 Å². The summed E-state index contributed by atoms with van der Waals surface area (Å²) in [5, 5.41) is 0. The van der Waals surface area contributed by atoms with Crippen LogP contribution in [0.1, 0.15) is 35.7 Å². The van der Waals surface area contributed by atoms with E-state index in [-0.39, 0.29) is 35.1 Å². The molecule has 3 rings (SSSR count). The number of nitrogens with zero attached hydrogens (tertiary/aromatic N) is 1. The highest BCUT2D eigenvalue weighted by Crippen LogP contribution is 2.30. The minimum atomic E-state index is -3.63. The van der Waals surface area contributed by atoms with Crippen LogP contribution in [0.15, 0.2) is 59.5 Å². The quantitative estimate of drug-likeness (QED) is 0.818. The maximum Gasteiger partial charge on any atom is 0.243 e. The molecule has 1 aliphatic rings. The van der Waals surface area contributed by atoms with Crippen molar-refractivity contribution < 1.29 is 13.2 Å². The molecular weight excluding hydrogens is 348 g/mol. The monoisotopic (exact) mass is 372 g/mol. The first-order valence-corrected chi connectivity index (χ1v) is 10.2. The molecule has 0 aromatic heterocycles. The molecule has 1 heterocycles. The Morgan fingerprint density at radius 2 is 1.65 bits per heavy atom. The molecule has 2 aromatic rings. The number of benzene rings is 2. The highest BCUT2D eigenvalue weighted by Gasteiger charge is 2.38. The normalized spacial score (nSPS) is 21.2. The predicted octanol–water partition coefficient (Wildman–Crippen LogP) is 2.64. The zero-order chi connectivity index (χ0) is 18.9. The summed E-state index contributed by atoms with van der Waals surface area (Å²) in [4.78, 5) is 12.2. The number of sulfonamides is 1. The molecule has 0 radical (unpaired) electrons. The van der Waals surface area contributed by atoms with Gasteiger partial charge < -0.3 is 5.73 Å². The van der Waals surface area contributed by atoms with Crippen LogP contribution >= 0.6 is 0 Å². The Kier molecular flexibility index (Phi) is 5.27. The molecular formula is C20H24N2O3S. The topological polar surface area (TPSA) is 80.5 Å². The molecule has 0 amide bonds. The molecule has 2 atom stereocenters. The van der Waals surface area contributed by atoms with Gasteiger partial charge in [-0.2, -0.15) is 4.31 Å². The van der Waals surface area contributed by atoms with E-state index in [4.69, 9.17) is 5.73 Å². The molecule has 2 aromatic carbocycles. The summed E-state index contributed by atoms with van der Waals surface area (Å²) in [6.07, 6.45) is 0. The van der Waals surface area contributed by atoms with Crippen LogP contribution < -0.4 is 5.73 Å². The van der Waals surface area contributed by atoms with E-state index < -0.39 is 10.0 Å². The Labute approximate surface area is 154 Å². The fourth-order valence-corrected chi connectivity index (χ4v) is 4.82. The first-order chi connectivity index (χ1) is 12.3. The number of rotatable bonds is 5. The highest BCUT2D eigenvalue weighted by atomic mass is 32.2. The van der Waals surface area contributed by atoms with Crippen LogP contribution in [0.2, 0.25) is 0 Å². The summed E-state index contributed by atoms with van der Waals surface area (Å²) in [6.45, 7) is 4.29. The van der Waals surface area contributed by atoms with E-state index in [0.717, 1.165) is 5.56 Å². The second kappa shape index (κ2) is 7.31. The van der Waals surface area contributed by atoms with Crippen molar-refractivity contribution >= 4 is 15.8 Å². The molecule has 26 heavy (non-hydrogen) atoms. The fraction of sp³-hybridized carbons (Fsp3) is 0.350. The maximum absolute atomic E-state index is 13.0. The van der Waals surface area contributed by atoms with E-state index in [0.29, 0.717) is 12.1 Å². The van der Waals surface area contributed by atoms with Gasteiger partial charge in [-0.15, -0.1) is 0 Å². The van der Waals surface area contributed by atoms with Crippen molar-refractivity contribution in [2.75, 3.05) is 13.1 Å². The highest BCUT2D eigenvalue weighted by molar-refractivity contribution is 7.89. The van der Waals surface area contributed by atoms with Crippen LogP contribution in [0.5, 0.6) is 0 Å². The summed E-state index contributed by atoms with van der Waals surface area (Å²) in [7, 11) is -3.63. The van der Waals surface area contributed by atoms with Crippen LogP contribution in [0.25, 0.3) is 0 Å². The molecule has 1 saturated heterocycles. The lowest BCUT2D eigenvalue weighted by molar-refractivity contribution is 0.0939. The molecule has 138 valence electrons. The summed E-state index contributed by atoms with van der Waals surface area (Å²) in [6, 6.07) is 15.7. The van der Waals surface area contributed by atoms with Crippen molar-refractivity contribution in [3.8, 4) is 0 Å². The average Bonchev–Trinajstić information content (AvgIpc) is 3.04. The zero-order valence-corrected chi connectivity index (χ0v) is 15.8. The SMILES string of the molecule is CC(C)C(=O)c1ccc(S(=O)(=O)N2C[C@@H](N)[C@H](c3ccccc3)C2)cc1. The summed E-state index contributed by atoms with van der Waals surface area (Å²) in [5.74, 6) is -0.144. The lowest BCUT2D eigenvalue weighted by Gasteiger charge is -2.17. The van der Waals surface area contributed by atoms with Crippen molar-refractivity contribution in [2.24, 2.45) is 11.7 Å². The second-order valence-electron chi connectivity index (χ2n) is 7.05. The third kappa shape index (κ3) is 3.58. The number of carbonyl (C=O) groups excluding carboxylic acids is 1. The molecule has 5 nitrogen and oxygen atoms in total. The van der Waals surface area contributed by atoms with E-state index in [1.54, 1.807) is 12.1 Å². The lowest BCUT2D eigenvalue weighted by Crippen LogP contribution is -2.32. The predicted molar refractivity (Wildman–Crippen MR) is 102 cm³/mol. The van der Waals surface area contributed by atoms with E-state index in [1.165, 1.54) is 16.4 Å². The van der Waals surface area contributed by atoms with Gasteiger partial charge in [0.2, 0.25) is 10.0 Å². The molecule has 0 aliphatic carbocycles. The van der Waals surface area contributed by atoms with Crippen LogP contribution in [0, 0.1) is 5.92 Å². The van der Waals surface area contributed by atoms with Crippen LogP contribution in [-0.2, 0) is 10.0 Å². The van der Waals surface area contributed by atoms with Gasteiger partial charge in [0.1, 0.15) is 0 Å². The summed E-state index contributed by atoms with van der Waals surface area (Å²) >= 11 is 0. The van der Waals surface area contributed by atoms with Crippen LogP contribution in [0.3, 0.4) is 0 Å². The molecule has 2 N–H and O–H groups in total. The smallest absolute Gasteiger partial charge is 0.243 e. The minimum absolute atomic E-state index is 0.00119. The van der Waals surface area contributed by atoms with Crippen LogP contribution in [0.4, 0.5) is 0 Å². The number of nitrogens with two attached hydrogens (primary N) is 1. The van der Waals surface area contributed by atoms with Gasteiger partial charge in [-0.25, -0.2) is 8.42 Å². The number of carbonyl (C=O) groups is 1. The van der Waals surface area contributed by atoms with Gasteiger partial charge in [0.15, 0.2) is 5.78 Å². The van der Waals surface area contributed by atoms with Crippen molar-refractivity contribution in [3.63, 3.8) is 0 Å². The first-order valence-electron chi connectivity index (χ1n) is 8.75. The Bertz CT molecular complexity index is 877. The van der Waals surface area contributed by atoms with Crippen molar-refractivity contribution in [1.82, 2.24) is 4.31 Å². The Morgan fingerprint density at radius 1 is 1.04 bits per heavy atom. The zero-order valence-electron chi connectivity index (χ0n) is 15.0. The Balaban J connectivity index is 1.81. The summed E-state index contributed by atoms with van der Waals surface area (Å²) in [5.41, 5.74) is 7.80. The molecule has 6 heteroatoms. The lowest BCUT2D eigenvalue weighted by atomic mass is 9.95. The van der Waals surface area contributed by atoms with Crippen molar-refractivity contribution in [2.45, 2.75) is 30.7 Å². The Hall–Kier alpha value is -2.02.